The molecule has 1 saturated heterocycles. The molecule has 0 bridgehead atoms. The molecule has 5 nitrogen and oxygen atoms in total. The van der Waals surface area contributed by atoms with Crippen molar-refractivity contribution in [1.29, 1.82) is 0 Å². The Balaban J connectivity index is 1.67. The van der Waals surface area contributed by atoms with E-state index in [2.05, 4.69) is 10.4 Å². The Labute approximate surface area is 89.1 Å². The highest BCUT2D eigenvalue weighted by atomic mass is 16.2. The summed E-state index contributed by atoms with van der Waals surface area (Å²) in [5.74, 6) is 0. The third kappa shape index (κ3) is 2.71. The van der Waals surface area contributed by atoms with Crippen molar-refractivity contribution in [2.24, 2.45) is 0 Å². The summed E-state index contributed by atoms with van der Waals surface area (Å²) in [6.07, 6.45) is 5.89. The van der Waals surface area contributed by atoms with Crippen LogP contribution in [-0.4, -0.2) is 40.3 Å². The van der Waals surface area contributed by atoms with Gasteiger partial charge in [0.15, 0.2) is 0 Å². The minimum atomic E-state index is 0.0552. The van der Waals surface area contributed by atoms with Crippen molar-refractivity contribution in [3.05, 3.63) is 18.5 Å². The molecule has 2 rings (SSSR count). The van der Waals surface area contributed by atoms with Gasteiger partial charge >= 0.3 is 6.03 Å². The molecular weight excluding hydrogens is 192 g/mol. The first-order valence-corrected chi connectivity index (χ1v) is 5.36. The SMILES string of the molecule is O=C(NCCn1cccn1)N1CCCC1. The van der Waals surface area contributed by atoms with Crippen LogP contribution < -0.4 is 5.32 Å². The second-order valence-corrected chi connectivity index (χ2v) is 3.70. The van der Waals surface area contributed by atoms with Gasteiger partial charge in [-0.3, -0.25) is 4.68 Å². The molecule has 0 radical (unpaired) electrons. The van der Waals surface area contributed by atoms with E-state index in [1.807, 2.05) is 21.8 Å². The zero-order chi connectivity index (χ0) is 10.5. The molecule has 0 unspecified atom stereocenters. The number of carbonyl (C=O) groups is 1. The first kappa shape index (κ1) is 10.0. The standard InChI is InChI=1S/C10H16N4O/c15-10(13-6-1-2-7-13)11-5-9-14-8-3-4-12-14/h3-4,8H,1-2,5-7,9H2,(H,11,15). The monoisotopic (exact) mass is 208 g/mol. The molecule has 1 aromatic rings. The van der Waals surface area contributed by atoms with Gasteiger partial charge in [0.1, 0.15) is 0 Å². The third-order valence-electron chi connectivity index (χ3n) is 2.57. The maximum Gasteiger partial charge on any atom is 0.317 e. The van der Waals surface area contributed by atoms with Gasteiger partial charge in [0.2, 0.25) is 0 Å². The van der Waals surface area contributed by atoms with Gasteiger partial charge in [-0.05, 0) is 18.9 Å². The molecule has 0 aromatic carbocycles. The Morgan fingerprint density at radius 3 is 2.87 bits per heavy atom. The number of aromatic nitrogens is 2. The quantitative estimate of drug-likeness (QED) is 0.794. The van der Waals surface area contributed by atoms with Crippen LogP contribution in [0.25, 0.3) is 0 Å². The zero-order valence-electron chi connectivity index (χ0n) is 8.72. The van der Waals surface area contributed by atoms with E-state index in [1.54, 1.807) is 6.20 Å². The Hall–Kier alpha value is -1.52. The van der Waals surface area contributed by atoms with E-state index >= 15 is 0 Å². The minimum Gasteiger partial charge on any atom is -0.336 e. The van der Waals surface area contributed by atoms with Crippen LogP contribution in [-0.2, 0) is 6.54 Å². The van der Waals surface area contributed by atoms with Gasteiger partial charge in [-0.2, -0.15) is 5.10 Å². The van der Waals surface area contributed by atoms with E-state index < -0.39 is 0 Å². The minimum absolute atomic E-state index is 0.0552. The summed E-state index contributed by atoms with van der Waals surface area (Å²) in [5, 5.41) is 6.95. The second-order valence-electron chi connectivity index (χ2n) is 3.70. The van der Waals surface area contributed by atoms with Crippen LogP contribution in [0, 0.1) is 0 Å². The van der Waals surface area contributed by atoms with Crippen LogP contribution in [0.4, 0.5) is 4.79 Å². The van der Waals surface area contributed by atoms with Crippen molar-refractivity contribution in [3.8, 4) is 0 Å². The average Bonchev–Trinajstić information content (AvgIpc) is 2.90. The van der Waals surface area contributed by atoms with Crippen LogP contribution in [0.1, 0.15) is 12.8 Å². The van der Waals surface area contributed by atoms with Crippen LogP contribution >= 0.6 is 0 Å². The molecule has 1 N–H and O–H groups in total. The molecule has 0 saturated carbocycles. The first-order valence-electron chi connectivity index (χ1n) is 5.36. The van der Waals surface area contributed by atoms with Crippen LogP contribution in [0.2, 0.25) is 0 Å². The molecule has 15 heavy (non-hydrogen) atoms. The number of rotatable bonds is 3. The van der Waals surface area contributed by atoms with Crippen molar-refractivity contribution < 1.29 is 4.79 Å². The number of nitrogens with one attached hydrogen (secondary N) is 1. The molecule has 0 aliphatic carbocycles. The summed E-state index contributed by atoms with van der Waals surface area (Å²) in [6.45, 7) is 3.16. The van der Waals surface area contributed by atoms with Crippen molar-refractivity contribution >= 4 is 6.03 Å². The van der Waals surface area contributed by atoms with Gasteiger partial charge in [0, 0.05) is 32.0 Å². The van der Waals surface area contributed by atoms with Crippen LogP contribution in [0.5, 0.6) is 0 Å². The molecule has 0 atom stereocenters. The molecule has 2 heterocycles. The molecule has 1 fully saturated rings. The zero-order valence-corrected chi connectivity index (χ0v) is 8.72. The van der Waals surface area contributed by atoms with Crippen molar-refractivity contribution in [2.45, 2.75) is 19.4 Å². The summed E-state index contributed by atoms with van der Waals surface area (Å²) in [4.78, 5) is 13.4. The van der Waals surface area contributed by atoms with E-state index in [1.165, 1.54) is 0 Å². The van der Waals surface area contributed by atoms with Crippen LogP contribution in [0.15, 0.2) is 18.5 Å². The van der Waals surface area contributed by atoms with Crippen molar-refractivity contribution in [1.82, 2.24) is 20.0 Å². The van der Waals surface area contributed by atoms with Gasteiger partial charge in [0.05, 0.1) is 6.54 Å². The Morgan fingerprint density at radius 1 is 1.40 bits per heavy atom. The summed E-state index contributed by atoms with van der Waals surface area (Å²) in [7, 11) is 0. The third-order valence-corrected chi connectivity index (χ3v) is 2.57. The number of hydrogen-bond donors (Lipinski definition) is 1. The lowest BCUT2D eigenvalue weighted by molar-refractivity contribution is 0.208. The largest absolute Gasteiger partial charge is 0.336 e. The maximum absolute atomic E-state index is 11.6. The Morgan fingerprint density at radius 2 is 2.20 bits per heavy atom. The first-order chi connectivity index (χ1) is 7.36. The lowest BCUT2D eigenvalue weighted by atomic mass is 10.4. The highest BCUT2D eigenvalue weighted by molar-refractivity contribution is 5.74. The number of hydrogen-bond acceptors (Lipinski definition) is 2. The number of carbonyl (C=O) groups excluding carboxylic acids is 1. The van der Waals surface area contributed by atoms with Crippen molar-refractivity contribution in [2.75, 3.05) is 19.6 Å². The lowest BCUT2D eigenvalue weighted by Gasteiger charge is -2.15. The number of urea groups is 1. The number of amides is 2. The highest BCUT2D eigenvalue weighted by Gasteiger charge is 2.16. The average molecular weight is 208 g/mol. The summed E-state index contributed by atoms with van der Waals surface area (Å²) in [5.41, 5.74) is 0. The van der Waals surface area contributed by atoms with Crippen molar-refractivity contribution in [3.63, 3.8) is 0 Å². The summed E-state index contributed by atoms with van der Waals surface area (Å²) < 4.78 is 1.81. The Bertz CT molecular complexity index is 303. The second kappa shape index (κ2) is 4.82. The van der Waals surface area contributed by atoms with E-state index in [4.69, 9.17) is 0 Å². The van der Waals surface area contributed by atoms with Gasteiger partial charge in [-0.1, -0.05) is 0 Å². The molecule has 1 aliphatic heterocycles. The maximum atomic E-state index is 11.6. The molecule has 0 spiro atoms. The molecule has 5 heteroatoms. The normalized spacial score (nSPS) is 15.6. The molecule has 1 aromatic heterocycles. The number of likely N-dealkylation sites (tertiary alicyclic amines) is 1. The van der Waals surface area contributed by atoms with E-state index in [0.29, 0.717) is 6.54 Å². The fourth-order valence-corrected chi connectivity index (χ4v) is 1.74. The fraction of sp³-hybridized carbons (Fsp3) is 0.600. The van der Waals surface area contributed by atoms with Gasteiger partial charge in [-0.15, -0.1) is 0 Å². The molecule has 82 valence electrons. The predicted molar refractivity (Wildman–Crippen MR) is 56.4 cm³/mol. The van der Waals surface area contributed by atoms with E-state index in [0.717, 1.165) is 32.5 Å². The number of nitrogens with zero attached hydrogens (tertiary/aromatic N) is 3. The highest BCUT2D eigenvalue weighted by Crippen LogP contribution is 2.06. The molecule has 2 amide bonds. The predicted octanol–water partition coefficient (Wildman–Crippen LogP) is 0.689. The fourth-order valence-electron chi connectivity index (χ4n) is 1.74. The van der Waals surface area contributed by atoms with Gasteiger partial charge < -0.3 is 10.2 Å². The smallest absolute Gasteiger partial charge is 0.317 e. The van der Waals surface area contributed by atoms with E-state index in [9.17, 15) is 4.79 Å². The van der Waals surface area contributed by atoms with Crippen LogP contribution in [0.3, 0.4) is 0 Å². The van der Waals surface area contributed by atoms with Gasteiger partial charge in [0.25, 0.3) is 0 Å². The topological polar surface area (TPSA) is 50.2 Å². The molecular formula is C10H16N4O. The van der Waals surface area contributed by atoms with E-state index in [-0.39, 0.29) is 6.03 Å². The van der Waals surface area contributed by atoms with Gasteiger partial charge in [-0.25, -0.2) is 4.79 Å². The summed E-state index contributed by atoms with van der Waals surface area (Å²) in [6, 6.07) is 1.93. The Kier molecular flexibility index (Phi) is 3.22. The molecule has 1 aliphatic rings. The summed E-state index contributed by atoms with van der Waals surface area (Å²) >= 11 is 0. The lowest BCUT2D eigenvalue weighted by Crippen LogP contribution is -2.39.